The quantitative estimate of drug-likeness (QED) is 0.699. The van der Waals surface area contributed by atoms with E-state index in [2.05, 4.69) is 36.6 Å². The van der Waals surface area contributed by atoms with E-state index in [1.54, 1.807) is 0 Å². The molecule has 2 fully saturated rings. The van der Waals surface area contributed by atoms with Crippen LogP contribution in [0.5, 0.6) is 0 Å². The second-order valence-corrected chi connectivity index (χ2v) is 7.09. The molecular formula is C16H31N3O. The number of amides is 1. The molecule has 4 heteroatoms. The smallest absolute Gasteiger partial charge is 0.221 e. The largest absolute Gasteiger partial charge is 0.353 e. The molecule has 2 rings (SSSR count). The van der Waals surface area contributed by atoms with Crippen LogP contribution in [0, 0.1) is 5.92 Å². The van der Waals surface area contributed by atoms with Crippen LogP contribution >= 0.6 is 0 Å². The molecule has 0 heterocycles. The molecule has 0 aromatic carbocycles. The molecule has 2 aliphatic carbocycles. The van der Waals surface area contributed by atoms with Crippen molar-refractivity contribution in [1.82, 2.24) is 15.5 Å². The van der Waals surface area contributed by atoms with E-state index >= 15 is 0 Å². The van der Waals surface area contributed by atoms with Crippen molar-refractivity contribution in [2.24, 2.45) is 5.92 Å². The van der Waals surface area contributed by atoms with E-state index in [9.17, 15) is 4.79 Å². The minimum absolute atomic E-state index is 0.205. The first-order valence-electron chi connectivity index (χ1n) is 8.19. The molecule has 0 saturated heterocycles. The molecular weight excluding hydrogens is 250 g/mol. The van der Waals surface area contributed by atoms with Gasteiger partial charge in [0.1, 0.15) is 0 Å². The molecule has 2 aliphatic rings. The molecule has 0 aliphatic heterocycles. The first-order valence-corrected chi connectivity index (χ1v) is 8.19. The molecule has 2 saturated carbocycles. The second kappa shape index (κ2) is 6.90. The van der Waals surface area contributed by atoms with Crippen molar-refractivity contribution in [2.45, 2.75) is 63.5 Å². The summed E-state index contributed by atoms with van der Waals surface area (Å²) in [6.45, 7) is 4.16. The monoisotopic (exact) mass is 281 g/mol. The zero-order chi connectivity index (χ0) is 14.6. The van der Waals surface area contributed by atoms with Gasteiger partial charge in [0, 0.05) is 31.1 Å². The Morgan fingerprint density at radius 3 is 2.65 bits per heavy atom. The number of hydrogen-bond acceptors (Lipinski definition) is 3. The van der Waals surface area contributed by atoms with Crippen LogP contribution in [-0.4, -0.2) is 49.6 Å². The number of rotatable bonds is 7. The van der Waals surface area contributed by atoms with E-state index in [0.717, 1.165) is 19.0 Å². The summed E-state index contributed by atoms with van der Waals surface area (Å²) in [6.07, 6.45) is 8.16. The molecule has 0 aromatic rings. The molecule has 2 unspecified atom stereocenters. The number of nitrogens with zero attached hydrogens (tertiary/aromatic N) is 1. The molecule has 1 amide bonds. The lowest BCUT2D eigenvalue weighted by atomic mass is 9.75. The van der Waals surface area contributed by atoms with Gasteiger partial charge in [0.05, 0.1) is 0 Å². The van der Waals surface area contributed by atoms with Crippen molar-refractivity contribution in [1.29, 1.82) is 0 Å². The maximum Gasteiger partial charge on any atom is 0.221 e. The van der Waals surface area contributed by atoms with Gasteiger partial charge in [0.15, 0.2) is 0 Å². The molecule has 0 spiro atoms. The van der Waals surface area contributed by atoms with Gasteiger partial charge in [0.2, 0.25) is 5.91 Å². The van der Waals surface area contributed by atoms with Gasteiger partial charge in [-0.25, -0.2) is 0 Å². The minimum Gasteiger partial charge on any atom is -0.353 e. The van der Waals surface area contributed by atoms with E-state index < -0.39 is 0 Å². The van der Waals surface area contributed by atoms with Gasteiger partial charge in [-0.3, -0.25) is 4.79 Å². The van der Waals surface area contributed by atoms with Gasteiger partial charge >= 0.3 is 0 Å². The lowest BCUT2D eigenvalue weighted by Crippen LogP contribution is -2.54. The van der Waals surface area contributed by atoms with Crippen molar-refractivity contribution in [2.75, 3.05) is 27.2 Å². The third-order valence-electron chi connectivity index (χ3n) is 4.94. The molecule has 2 N–H and O–H groups in total. The van der Waals surface area contributed by atoms with Crippen LogP contribution in [0.15, 0.2) is 0 Å². The zero-order valence-electron chi connectivity index (χ0n) is 13.4. The van der Waals surface area contributed by atoms with Gasteiger partial charge < -0.3 is 15.5 Å². The summed E-state index contributed by atoms with van der Waals surface area (Å²) in [5.74, 6) is 1.02. The fourth-order valence-corrected chi connectivity index (χ4v) is 3.41. The summed E-state index contributed by atoms with van der Waals surface area (Å²) in [5.41, 5.74) is 0.282. The summed E-state index contributed by atoms with van der Waals surface area (Å²) < 4.78 is 0. The zero-order valence-corrected chi connectivity index (χ0v) is 13.4. The fourth-order valence-electron chi connectivity index (χ4n) is 3.41. The Bertz CT molecular complexity index is 328. The molecule has 4 nitrogen and oxygen atoms in total. The molecule has 0 aromatic heterocycles. The third-order valence-corrected chi connectivity index (χ3v) is 4.94. The van der Waals surface area contributed by atoms with E-state index in [4.69, 9.17) is 0 Å². The number of carbonyl (C=O) groups is 1. The Balaban J connectivity index is 1.70. The molecule has 2 atom stereocenters. The van der Waals surface area contributed by atoms with Crippen LogP contribution in [0.1, 0.15) is 51.9 Å². The van der Waals surface area contributed by atoms with Crippen molar-refractivity contribution in [3.63, 3.8) is 0 Å². The summed E-state index contributed by atoms with van der Waals surface area (Å²) >= 11 is 0. The summed E-state index contributed by atoms with van der Waals surface area (Å²) in [6, 6.07) is 0.481. The van der Waals surface area contributed by atoms with Crippen molar-refractivity contribution < 1.29 is 4.79 Å². The summed E-state index contributed by atoms with van der Waals surface area (Å²) in [4.78, 5) is 14.0. The lowest BCUT2D eigenvalue weighted by molar-refractivity contribution is -0.121. The van der Waals surface area contributed by atoms with Crippen molar-refractivity contribution in [3.8, 4) is 0 Å². The first-order chi connectivity index (χ1) is 9.52. The van der Waals surface area contributed by atoms with Crippen LogP contribution < -0.4 is 10.6 Å². The highest BCUT2D eigenvalue weighted by Crippen LogP contribution is 2.35. The Morgan fingerprint density at radius 1 is 1.30 bits per heavy atom. The standard InChI is InChI=1S/C16H31N3O/c1-13-5-4-9-16(11-13,19(2)3)12-17-10-8-15(20)18-14-6-7-14/h13-14,17H,4-12H2,1-3H3,(H,18,20). The first kappa shape index (κ1) is 15.8. The number of carbonyl (C=O) groups excluding carboxylic acids is 1. The third kappa shape index (κ3) is 4.45. The summed E-state index contributed by atoms with van der Waals surface area (Å²) in [5, 5.41) is 6.56. The SMILES string of the molecule is CC1CCCC(CNCCC(=O)NC2CC2)(N(C)C)C1. The Hall–Kier alpha value is -0.610. The molecule has 0 radical (unpaired) electrons. The molecule has 116 valence electrons. The van der Waals surface area contributed by atoms with E-state index in [1.165, 1.54) is 38.5 Å². The Morgan fingerprint density at radius 2 is 2.05 bits per heavy atom. The topological polar surface area (TPSA) is 44.4 Å². The van der Waals surface area contributed by atoms with Crippen molar-refractivity contribution in [3.05, 3.63) is 0 Å². The predicted molar refractivity (Wildman–Crippen MR) is 82.7 cm³/mol. The number of nitrogens with one attached hydrogen (secondary N) is 2. The highest BCUT2D eigenvalue weighted by atomic mass is 16.1. The van der Waals surface area contributed by atoms with Crippen molar-refractivity contribution >= 4 is 5.91 Å². The highest BCUT2D eigenvalue weighted by Gasteiger charge is 2.36. The Kier molecular flexibility index (Phi) is 5.44. The van der Waals surface area contributed by atoms with Crippen LogP contribution in [-0.2, 0) is 4.79 Å². The number of likely N-dealkylation sites (N-methyl/N-ethyl adjacent to an activating group) is 1. The molecule has 0 bridgehead atoms. The second-order valence-electron chi connectivity index (χ2n) is 7.09. The van der Waals surface area contributed by atoms with E-state index in [1.807, 2.05) is 0 Å². The van der Waals surface area contributed by atoms with Crippen LogP contribution in [0.4, 0.5) is 0 Å². The normalized spacial score (nSPS) is 30.5. The van der Waals surface area contributed by atoms with Gasteiger partial charge in [-0.05, 0) is 45.7 Å². The van der Waals surface area contributed by atoms with E-state index in [0.29, 0.717) is 12.5 Å². The minimum atomic E-state index is 0.205. The average molecular weight is 281 g/mol. The van der Waals surface area contributed by atoms with Crippen LogP contribution in [0.25, 0.3) is 0 Å². The van der Waals surface area contributed by atoms with Gasteiger partial charge in [-0.1, -0.05) is 19.8 Å². The lowest BCUT2D eigenvalue weighted by Gasteiger charge is -2.45. The van der Waals surface area contributed by atoms with E-state index in [-0.39, 0.29) is 11.4 Å². The van der Waals surface area contributed by atoms with Crippen LogP contribution in [0.3, 0.4) is 0 Å². The molecule has 20 heavy (non-hydrogen) atoms. The Labute approximate surface area is 123 Å². The maximum absolute atomic E-state index is 11.6. The van der Waals surface area contributed by atoms with Gasteiger partial charge in [0.25, 0.3) is 0 Å². The fraction of sp³-hybridized carbons (Fsp3) is 0.938. The van der Waals surface area contributed by atoms with Gasteiger partial charge in [-0.2, -0.15) is 0 Å². The average Bonchev–Trinajstić information content (AvgIpc) is 3.18. The maximum atomic E-state index is 11.6. The van der Waals surface area contributed by atoms with Gasteiger partial charge in [-0.15, -0.1) is 0 Å². The van der Waals surface area contributed by atoms with Crippen LogP contribution in [0.2, 0.25) is 0 Å². The number of hydrogen-bond donors (Lipinski definition) is 2. The summed E-state index contributed by atoms with van der Waals surface area (Å²) in [7, 11) is 4.39. The highest BCUT2D eigenvalue weighted by molar-refractivity contribution is 5.76. The predicted octanol–water partition coefficient (Wildman–Crippen LogP) is 1.76.